The third kappa shape index (κ3) is 4.16. The molecular formula is C27H26O3Si. The first kappa shape index (κ1) is 21.0. The summed E-state index contributed by atoms with van der Waals surface area (Å²) in [6.45, 7) is 1.79. The summed E-state index contributed by atoms with van der Waals surface area (Å²) < 4.78 is 5.80. The lowest BCUT2D eigenvalue weighted by Gasteiger charge is -2.35. The number of ether oxygens (including phenoxy) is 1. The quantitative estimate of drug-likeness (QED) is 0.192. The molecule has 4 rings (SSSR count). The number of carbonyl (C=O) groups excluding carboxylic acids is 2. The predicted molar refractivity (Wildman–Crippen MR) is 127 cm³/mol. The van der Waals surface area contributed by atoms with Crippen LogP contribution in [0.1, 0.15) is 13.3 Å². The molecule has 1 heterocycles. The lowest BCUT2D eigenvalue weighted by atomic mass is 10.0. The molecular weight excluding hydrogens is 400 g/mol. The maximum atomic E-state index is 12.5. The van der Waals surface area contributed by atoms with E-state index >= 15 is 0 Å². The van der Waals surface area contributed by atoms with Crippen molar-refractivity contribution < 1.29 is 14.3 Å². The largest absolute Gasteiger partial charge is 0.462 e. The Morgan fingerprint density at radius 1 is 0.871 bits per heavy atom. The third-order valence-corrected chi connectivity index (χ3v) is 11.1. The molecule has 3 nitrogen and oxygen atoms in total. The summed E-state index contributed by atoms with van der Waals surface area (Å²) in [7, 11) is -2.51. The molecule has 1 aliphatic heterocycles. The Balaban J connectivity index is 1.82. The van der Waals surface area contributed by atoms with E-state index in [1.165, 1.54) is 21.6 Å². The first-order valence-corrected chi connectivity index (χ1v) is 12.9. The minimum absolute atomic E-state index is 0.165. The minimum atomic E-state index is -2.51. The van der Waals surface area contributed by atoms with Crippen molar-refractivity contribution in [2.75, 3.05) is 0 Å². The lowest BCUT2D eigenvalue weighted by Crippen LogP contribution is -2.68. The van der Waals surface area contributed by atoms with E-state index in [9.17, 15) is 9.59 Å². The van der Waals surface area contributed by atoms with Crippen LogP contribution in [0, 0.1) is 5.92 Å². The van der Waals surface area contributed by atoms with Crippen LogP contribution in [-0.4, -0.2) is 25.9 Å². The molecule has 0 radical (unpaired) electrons. The van der Waals surface area contributed by atoms with Gasteiger partial charge in [0.25, 0.3) is 0 Å². The zero-order chi connectivity index (χ0) is 21.7. The summed E-state index contributed by atoms with van der Waals surface area (Å²) in [6, 6.07) is 32.3. The van der Waals surface area contributed by atoms with Crippen LogP contribution < -0.4 is 15.6 Å². The zero-order valence-corrected chi connectivity index (χ0v) is 18.6. The Hall–Kier alpha value is -3.24. The summed E-state index contributed by atoms with van der Waals surface area (Å²) in [5, 5.41) is 3.81. The van der Waals surface area contributed by atoms with Gasteiger partial charge in [0, 0.05) is 6.42 Å². The molecule has 31 heavy (non-hydrogen) atoms. The summed E-state index contributed by atoms with van der Waals surface area (Å²) in [5.41, 5.74) is 0. The maximum Gasteiger partial charge on any atom is 0.317 e. The van der Waals surface area contributed by atoms with E-state index in [2.05, 4.69) is 72.8 Å². The van der Waals surface area contributed by atoms with Gasteiger partial charge in [-0.3, -0.25) is 9.59 Å². The molecule has 0 amide bonds. The van der Waals surface area contributed by atoms with Crippen LogP contribution in [0.5, 0.6) is 0 Å². The molecule has 0 saturated carbocycles. The van der Waals surface area contributed by atoms with E-state index in [4.69, 9.17) is 4.74 Å². The van der Waals surface area contributed by atoms with E-state index in [1.54, 1.807) is 13.0 Å². The van der Waals surface area contributed by atoms with Crippen molar-refractivity contribution >= 4 is 35.4 Å². The number of cyclic esters (lactones) is 1. The van der Waals surface area contributed by atoms with Crippen LogP contribution >= 0.6 is 0 Å². The van der Waals surface area contributed by atoms with Gasteiger partial charge >= 0.3 is 5.97 Å². The standard InChI is InChI=1S/C27H26O3Si/c1-2-12-26(28)25-19-21(30-27(25)29)20-31(22-13-6-3-7-14-22,23-15-8-4-9-16-23)24-17-10-5-11-18-24/h2-18,21,25H,19-20H2,1H3/b12-2+/t21-,25?/m1/s1. The van der Waals surface area contributed by atoms with Crippen molar-refractivity contribution in [3.63, 3.8) is 0 Å². The fraction of sp³-hybridized carbons (Fsp3) is 0.185. The first-order valence-electron chi connectivity index (χ1n) is 10.7. The minimum Gasteiger partial charge on any atom is -0.462 e. The summed E-state index contributed by atoms with van der Waals surface area (Å²) in [6.07, 6.45) is 3.30. The van der Waals surface area contributed by atoms with E-state index < -0.39 is 20.0 Å². The van der Waals surface area contributed by atoms with Gasteiger partial charge in [-0.25, -0.2) is 0 Å². The van der Waals surface area contributed by atoms with Crippen LogP contribution in [0.4, 0.5) is 0 Å². The van der Waals surface area contributed by atoms with Crippen LogP contribution in [0.15, 0.2) is 103 Å². The highest BCUT2D eigenvalue weighted by molar-refractivity contribution is 7.11. The Kier molecular flexibility index (Phi) is 6.28. The molecule has 1 saturated heterocycles. The highest BCUT2D eigenvalue weighted by Gasteiger charge is 2.46. The molecule has 0 aromatic heterocycles. The van der Waals surface area contributed by atoms with Gasteiger partial charge < -0.3 is 4.74 Å². The SMILES string of the molecule is C/C=C/C(=O)C1C[C@H](C[Si](c2ccccc2)(c2ccccc2)c2ccccc2)OC1=O. The van der Waals surface area contributed by atoms with Gasteiger partial charge in [-0.05, 0) is 34.6 Å². The van der Waals surface area contributed by atoms with Gasteiger partial charge in [0.1, 0.15) is 12.0 Å². The molecule has 1 fully saturated rings. The van der Waals surface area contributed by atoms with Gasteiger partial charge in [0.05, 0.1) is 0 Å². The molecule has 3 aromatic carbocycles. The molecule has 0 aliphatic carbocycles. The van der Waals surface area contributed by atoms with Crippen molar-refractivity contribution in [3.8, 4) is 0 Å². The molecule has 0 spiro atoms. The van der Waals surface area contributed by atoms with Crippen LogP contribution in [0.2, 0.25) is 6.04 Å². The van der Waals surface area contributed by atoms with Gasteiger partial charge in [-0.15, -0.1) is 0 Å². The van der Waals surface area contributed by atoms with Crippen LogP contribution in [0.25, 0.3) is 0 Å². The van der Waals surface area contributed by atoms with Crippen molar-refractivity contribution in [1.29, 1.82) is 0 Å². The maximum absolute atomic E-state index is 12.5. The number of ketones is 1. The molecule has 156 valence electrons. The Morgan fingerprint density at radius 3 is 1.74 bits per heavy atom. The van der Waals surface area contributed by atoms with E-state index in [1.807, 2.05) is 18.2 Å². The summed E-state index contributed by atoms with van der Waals surface area (Å²) in [4.78, 5) is 24.9. The molecule has 1 unspecified atom stereocenters. The summed E-state index contributed by atoms with van der Waals surface area (Å²) >= 11 is 0. The van der Waals surface area contributed by atoms with Gasteiger partial charge in [0.15, 0.2) is 13.9 Å². The number of carbonyl (C=O) groups is 2. The van der Waals surface area contributed by atoms with Crippen molar-refractivity contribution in [2.45, 2.75) is 25.5 Å². The lowest BCUT2D eigenvalue weighted by molar-refractivity contribution is -0.145. The number of allylic oxidation sites excluding steroid dienone is 2. The number of rotatable bonds is 7. The molecule has 1 aliphatic rings. The van der Waals surface area contributed by atoms with E-state index in [-0.39, 0.29) is 11.9 Å². The molecule has 2 atom stereocenters. The van der Waals surface area contributed by atoms with Gasteiger partial charge in [-0.1, -0.05) is 97.1 Å². The second-order valence-electron chi connectivity index (χ2n) is 7.96. The van der Waals surface area contributed by atoms with Crippen molar-refractivity contribution in [2.24, 2.45) is 5.92 Å². The second kappa shape index (κ2) is 9.27. The molecule has 0 N–H and O–H groups in total. The number of hydrogen-bond donors (Lipinski definition) is 0. The number of esters is 1. The normalized spacial score (nSPS) is 18.8. The third-order valence-electron chi connectivity index (χ3n) is 6.07. The zero-order valence-electron chi connectivity index (χ0n) is 17.6. The Bertz CT molecular complexity index is 965. The molecule has 4 heteroatoms. The van der Waals surface area contributed by atoms with Crippen molar-refractivity contribution in [3.05, 3.63) is 103 Å². The number of hydrogen-bond acceptors (Lipinski definition) is 3. The average molecular weight is 427 g/mol. The number of benzene rings is 3. The average Bonchev–Trinajstić information content (AvgIpc) is 3.19. The Labute approximate surface area is 184 Å². The Morgan fingerprint density at radius 2 is 1.32 bits per heavy atom. The highest BCUT2D eigenvalue weighted by Crippen LogP contribution is 2.29. The van der Waals surface area contributed by atoms with Gasteiger partial charge in [-0.2, -0.15) is 0 Å². The van der Waals surface area contributed by atoms with Gasteiger partial charge in [0.2, 0.25) is 0 Å². The van der Waals surface area contributed by atoms with Crippen LogP contribution in [-0.2, 0) is 14.3 Å². The smallest absolute Gasteiger partial charge is 0.317 e. The fourth-order valence-corrected chi connectivity index (χ4v) is 9.58. The molecule has 0 bridgehead atoms. The monoisotopic (exact) mass is 426 g/mol. The summed E-state index contributed by atoms with van der Waals surface area (Å²) in [5.74, 6) is -1.26. The van der Waals surface area contributed by atoms with Crippen LogP contribution in [0.3, 0.4) is 0 Å². The fourth-order valence-electron chi connectivity index (χ4n) is 4.65. The topological polar surface area (TPSA) is 43.4 Å². The predicted octanol–water partition coefficient (Wildman–Crippen LogP) is 3.23. The second-order valence-corrected chi connectivity index (χ2v) is 11.9. The highest BCUT2D eigenvalue weighted by atomic mass is 28.3. The first-order chi connectivity index (χ1) is 15.1. The molecule has 3 aromatic rings. The van der Waals surface area contributed by atoms with E-state index in [0.717, 1.165) is 0 Å². The van der Waals surface area contributed by atoms with Crippen molar-refractivity contribution in [1.82, 2.24) is 0 Å². The van der Waals surface area contributed by atoms with E-state index in [0.29, 0.717) is 12.5 Å².